The largest absolute Gasteiger partial charge is 0.328 e. The van der Waals surface area contributed by atoms with E-state index in [1.807, 2.05) is 18.2 Å². The molecule has 2 aromatic carbocycles. The third-order valence-electron chi connectivity index (χ3n) is 3.76. The van der Waals surface area contributed by atoms with Crippen molar-refractivity contribution < 1.29 is 0 Å². The SMILES string of the molecule is O=c1[nH]cc(-c2ccc3ccccc3c2)c2ccncc12. The Kier molecular flexibility index (Phi) is 2.57. The molecule has 0 aliphatic carbocycles. The van der Waals surface area contributed by atoms with E-state index in [-0.39, 0.29) is 5.56 Å². The Balaban J connectivity index is 2.04. The van der Waals surface area contributed by atoms with E-state index < -0.39 is 0 Å². The molecular weight excluding hydrogens is 260 g/mol. The second-order valence-electron chi connectivity index (χ2n) is 5.01. The van der Waals surface area contributed by atoms with Gasteiger partial charge in [0.1, 0.15) is 0 Å². The van der Waals surface area contributed by atoms with Crippen LogP contribution >= 0.6 is 0 Å². The Labute approximate surface area is 120 Å². The number of pyridine rings is 2. The lowest BCUT2D eigenvalue weighted by Gasteiger charge is -2.07. The van der Waals surface area contributed by atoms with Crippen LogP contribution in [0.15, 0.2) is 71.9 Å². The number of nitrogens with zero attached hydrogens (tertiary/aromatic N) is 1. The molecule has 2 heterocycles. The van der Waals surface area contributed by atoms with Crippen molar-refractivity contribution in [2.24, 2.45) is 0 Å². The summed E-state index contributed by atoms with van der Waals surface area (Å²) < 4.78 is 0. The van der Waals surface area contributed by atoms with E-state index in [1.54, 1.807) is 18.6 Å². The summed E-state index contributed by atoms with van der Waals surface area (Å²) in [4.78, 5) is 18.7. The van der Waals surface area contributed by atoms with Crippen molar-refractivity contribution in [2.45, 2.75) is 0 Å². The molecule has 21 heavy (non-hydrogen) atoms. The molecule has 2 aromatic heterocycles. The topological polar surface area (TPSA) is 45.8 Å². The van der Waals surface area contributed by atoms with Crippen LogP contribution in [0.25, 0.3) is 32.7 Å². The van der Waals surface area contributed by atoms with Gasteiger partial charge in [-0.25, -0.2) is 0 Å². The number of hydrogen-bond acceptors (Lipinski definition) is 2. The molecule has 1 N–H and O–H groups in total. The van der Waals surface area contributed by atoms with E-state index in [2.05, 4.69) is 40.3 Å². The molecule has 0 aliphatic rings. The van der Waals surface area contributed by atoms with Crippen LogP contribution in [0.5, 0.6) is 0 Å². The molecule has 4 aromatic rings. The summed E-state index contributed by atoms with van der Waals surface area (Å²) in [5, 5.41) is 3.92. The van der Waals surface area contributed by atoms with Crippen LogP contribution in [-0.4, -0.2) is 9.97 Å². The van der Waals surface area contributed by atoms with E-state index in [0.29, 0.717) is 5.39 Å². The van der Waals surface area contributed by atoms with Crippen molar-refractivity contribution in [3.63, 3.8) is 0 Å². The summed E-state index contributed by atoms with van der Waals surface area (Å²) in [7, 11) is 0. The van der Waals surface area contributed by atoms with Gasteiger partial charge in [0.05, 0.1) is 5.39 Å². The number of hydrogen-bond donors (Lipinski definition) is 1. The maximum atomic E-state index is 11.9. The summed E-state index contributed by atoms with van der Waals surface area (Å²) >= 11 is 0. The minimum Gasteiger partial charge on any atom is -0.328 e. The molecule has 3 nitrogen and oxygen atoms in total. The fourth-order valence-corrected chi connectivity index (χ4v) is 2.70. The highest BCUT2D eigenvalue weighted by atomic mass is 16.1. The number of aromatic amines is 1. The van der Waals surface area contributed by atoms with Gasteiger partial charge in [-0.1, -0.05) is 36.4 Å². The summed E-state index contributed by atoms with van der Waals surface area (Å²) in [5.41, 5.74) is 1.99. The molecule has 100 valence electrons. The fraction of sp³-hybridized carbons (Fsp3) is 0. The van der Waals surface area contributed by atoms with Crippen molar-refractivity contribution in [1.82, 2.24) is 9.97 Å². The third kappa shape index (κ3) is 1.91. The molecule has 0 unspecified atom stereocenters. The van der Waals surface area contributed by atoms with Gasteiger partial charge in [-0.2, -0.15) is 0 Å². The average molecular weight is 272 g/mol. The van der Waals surface area contributed by atoms with Crippen molar-refractivity contribution >= 4 is 21.5 Å². The van der Waals surface area contributed by atoms with Gasteiger partial charge in [-0.15, -0.1) is 0 Å². The summed E-state index contributed by atoms with van der Waals surface area (Å²) in [6, 6.07) is 16.4. The van der Waals surface area contributed by atoms with E-state index in [1.165, 1.54) is 10.8 Å². The maximum absolute atomic E-state index is 11.9. The number of benzene rings is 2. The second-order valence-corrected chi connectivity index (χ2v) is 5.01. The molecule has 0 radical (unpaired) electrons. The quantitative estimate of drug-likeness (QED) is 0.573. The van der Waals surface area contributed by atoms with Gasteiger partial charge in [0, 0.05) is 24.2 Å². The van der Waals surface area contributed by atoms with Crippen molar-refractivity contribution in [2.75, 3.05) is 0 Å². The first-order valence-corrected chi connectivity index (χ1v) is 6.77. The van der Waals surface area contributed by atoms with Gasteiger partial charge in [0.15, 0.2) is 0 Å². The van der Waals surface area contributed by atoms with Gasteiger partial charge in [0.25, 0.3) is 5.56 Å². The van der Waals surface area contributed by atoms with Crippen molar-refractivity contribution in [3.05, 3.63) is 77.5 Å². The summed E-state index contributed by atoms with van der Waals surface area (Å²) in [6.45, 7) is 0. The van der Waals surface area contributed by atoms with Gasteiger partial charge in [-0.05, 0) is 33.9 Å². The molecular formula is C18H12N2O. The zero-order chi connectivity index (χ0) is 14.2. The minimum atomic E-state index is -0.109. The predicted octanol–water partition coefficient (Wildman–Crippen LogP) is 3.74. The molecule has 0 saturated carbocycles. The van der Waals surface area contributed by atoms with Gasteiger partial charge in [-0.3, -0.25) is 9.78 Å². The number of fused-ring (bicyclic) bond motifs is 2. The summed E-state index contributed by atoms with van der Waals surface area (Å²) in [5.74, 6) is 0. The third-order valence-corrected chi connectivity index (χ3v) is 3.76. The number of H-pyrrole nitrogens is 1. The Morgan fingerprint density at radius 1 is 0.905 bits per heavy atom. The Morgan fingerprint density at radius 2 is 1.76 bits per heavy atom. The standard InChI is InChI=1S/C18H12N2O/c21-18-17-10-19-8-7-15(17)16(11-20-18)14-6-5-12-3-1-2-4-13(12)9-14/h1-11H,(H,20,21). The van der Waals surface area contributed by atoms with Gasteiger partial charge in [0.2, 0.25) is 0 Å². The molecule has 0 saturated heterocycles. The van der Waals surface area contributed by atoms with E-state index in [9.17, 15) is 4.79 Å². The van der Waals surface area contributed by atoms with E-state index in [0.717, 1.165) is 16.5 Å². The molecule has 4 rings (SSSR count). The Bertz CT molecular complexity index is 1020. The van der Waals surface area contributed by atoms with Gasteiger partial charge < -0.3 is 4.98 Å². The van der Waals surface area contributed by atoms with Crippen LogP contribution in [0.4, 0.5) is 0 Å². The highest BCUT2D eigenvalue weighted by Gasteiger charge is 2.07. The molecule has 0 fully saturated rings. The average Bonchev–Trinajstić information content (AvgIpc) is 2.55. The van der Waals surface area contributed by atoms with Gasteiger partial charge >= 0.3 is 0 Å². The lowest BCUT2D eigenvalue weighted by molar-refractivity contribution is 1.26. The highest BCUT2D eigenvalue weighted by Crippen LogP contribution is 2.28. The zero-order valence-corrected chi connectivity index (χ0v) is 11.2. The first kappa shape index (κ1) is 11.9. The molecule has 0 atom stereocenters. The van der Waals surface area contributed by atoms with Crippen LogP contribution in [0.2, 0.25) is 0 Å². The molecule has 0 spiro atoms. The number of rotatable bonds is 1. The predicted molar refractivity (Wildman–Crippen MR) is 85.3 cm³/mol. The minimum absolute atomic E-state index is 0.109. The first-order chi connectivity index (χ1) is 10.3. The molecule has 0 amide bonds. The monoisotopic (exact) mass is 272 g/mol. The van der Waals surface area contributed by atoms with Crippen molar-refractivity contribution in [3.8, 4) is 11.1 Å². The maximum Gasteiger partial charge on any atom is 0.257 e. The van der Waals surface area contributed by atoms with E-state index >= 15 is 0 Å². The van der Waals surface area contributed by atoms with Crippen LogP contribution in [0.3, 0.4) is 0 Å². The number of nitrogens with one attached hydrogen (secondary N) is 1. The zero-order valence-electron chi connectivity index (χ0n) is 11.2. The van der Waals surface area contributed by atoms with Crippen LogP contribution < -0.4 is 5.56 Å². The second kappa shape index (κ2) is 4.56. The first-order valence-electron chi connectivity index (χ1n) is 6.77. The summed E-state index contributed by atoms with van der Waals surface area (Å²) in [6.07, 6.45) is 5.10. The molecule has 3 heteroatoms. The normalized spacial score (nSPS) is 11.0. The fourth-order valence-electron chi connectivity index (χ4n) is 2.70. The Morgan fingerprint density at radius 3 is 2.67 bits per heavy atom. The van der Waals surface area contributed by atoms with Crippen LogP contribution in [-0.2, 0) is 0 Å². The lowest BCUT2D eigenvalue weighted by Crippen LogP contribution is -2.06. The van der Waals surface area contributed by atoms with Crippen LogP contribution in [0.1, 0.15) is 0 Å². The molecule has 0 aliphatic heterocycles. The Hall–Kier alpha value is -2.94. The van der Waals surface area contributed by atoms with Crippen molar-refractivity contribution in [1.29, 1.82) is 0 Å². The molecule has 0 bridgehead atoms. The lowest BCUT2D eigenvalue weighted by atomic mass is 9.99. The van der Waals surface area contributed by atoms with Crippen LogP contribution in [0, 0.1) is 0 Å². The smallest absolute Gasteiger partial charge is 0.257 e. The highest BCUT2D eigenvalue weighted by molar-refractivity contribution is 5.97. The number of aromatic nitrogens is 2. The van der Waals surface area contributed by atoms with E-state index in [4.69, 9.17) is 0 Å².